The quantitative estimate of drug-likeness (QED) is 0.737. The molecule has 21 heavy (non-hydrogen) atoms. The van der Waals surface area contributed by atoms with Crippen LogP contribution in [0.1, 0.15) is 29.5 Å². The summed E-state index contributed by atoms with van der Waals surface area (Å²) in [6, 6.07) is 15.8. The average molecular weight is 317 g/mol. The monoisotopic (exact) mass is 316 g/mol. The minimum absolute atomic E-state index is 0.0751. The Kier molecular flexibility index (Phi) is 3.25. The highest BCUT2D eigenvalue weighted by Gasteiger charge is 2.42. The van der Waals surface area contributed by atoms with Crippen LogP contribution in [0.15, 0.2) is 36.4 Å². The molecule has 3 aliphatic heterocycles. The lowest BCUT2D eigenvalue weighted by Gasteiger charge is -2.39. The van der Waals surface area contributed by atoms with Crippen molar-refractivity contribution in [3.05, 3.63) is 69.2 Å². The van der Waals surface area contributed by atoms with Crippen LogP contribution in [0.3, 0.4) is 0 Å². The van der Waals surface area contributed by atoms with Gasteiger partial charge in [0.1, 0.15) is 0 Å². The Morgan fingerprint density at radius 1 is 1.05 bits per heavy atom. The third-order valence-corrected chi connectivity index (χ3v) is 5.78. The van der Waals surface area contributed by atoms with Crippen molar-refractivity contribution in [2.45, 2.75) is 24.8 Å². The number of hydrogen-bond donors (Lipinski definition) is 0. The van der Waals surface area contributed by atoms with Crippen molar-refractivity contribution < 1.29 is 0 Å². The van der Waals surface area contributed by atoms with Crippen molar-refractivity contribution >= 4 is 23.2 Å². The first kappa shape index (κ1) is 13.6. The van der Waals surface area contributed by atoms with Gasteiger partial charge in [-0.1, -0.05) is 41.4 Å². The van der Waals surface area contributed by atoms with Crippen LogP contribution in [-0.4, -0.2) is 18.0 Å². The van der Waals surface area contributed by atoms with Crippen molar-refractivity contribution in [2.24, 2.45) is 0 Å². The average Bonchev–Trinajstić information content (AvgIpc) is 2.77. The van der Waals surface area contributed by atoms with Crippen LogP contribution >= 0.6 is 23.2 Å². The molecule has 1 radical (unpaired) electrons. The van der Waals surface area contributed by atoms with Gasteiger partial charge in [0.05, 0.1) is 10.0 Å². The van der Waals surface area contributed by atoms with Crippen LogP contribution in [0.2, 0.25) is 10.0 Å². The molecule has 0 aliphatic carbocycles. The molecule has 3 aliphatic rings. The van der Waals surface area contributed by atoms with E-state index in [4.69, 9.17) is 23.2 Å². The molecule has 1 saturated heterocycles. The van der Waals surface area contributed by atoms with Gasteiger partial charge in [0.15, 0.2) is 0 Å². The van der Waals surface area contributed by atoms with E-state index in [1.807, 2.05) is 12.1 Å². The first-order valence-electron chi connectivity index (χ1n) is 7.36. The molecule has 3 heterocycles. The molecule has 2 aromatic carbocycles. The summed E-state index contributed by atoms with van der Waals surface area (Å²) in [6.07, 6.45) is 2.28. The maximum absolute atomic E-state index is 6.28. The lowest BCUT2D eigenvalue weighted by atomic mass is 9.68. The second kappa shape index (κ2) is 5.01. The highest BCUT2D eigenvalue weighted by Crippen LogP contribution is 2.47. The smallest absolute Gasteiger partial charge is 0.0595 e. The van der Waals surface area contributed by atoms with Gasteiger partial charge in [0.25, 0.3) is 0 Å². The van der Waals surface area contributed by atoms with Gasteiger partial charge < -0.3 is 0 Å². The molecule has 3 heteroatoms. The number of benzene rings is 2. The van der Waals surface area contributed by atoms with Crippen molar-refractivity contribution in [3.63, 3.8) is 0 Å². The molecular formula is C18H16Cl2N. The first-order valence-corrected chi connectivity index (χ1v) is 8.12. The van der Waals surface area contributed by atoms with Crippen LogP contribution in [0, 0.1) is 6.07 Å². The minimum atomic E-state index is 0.0751. The fourth-order valence-corrected chi connectivity index (χ4v) is 4.20. The number of halogens is 2. The van der Waals surface area contributed by atoms with E-state index in [0.29, 0.717) is 10.0 Å². The van der Waals surface area contributed by atoms with E-state index < -0.39 is 0 Å². The molecule has 0 unspecified atom stereocenters. The number of hydrogen-bond acceptors (Lipinski definition) is 1. The van der Waals surface area contributed by atoms with E-state index in [1.54, 1.807) is 0 Å². The molecule has 0 aromatic heterocycles. The Morgan fingerprint density at radius 2 is 1.86 bits per heavy atom. The van der Waals surface area contributed by atoms with Gasteiger partial charge in [-0.15, -0.1) is 0 Å². The highest BCUT2D eigenvalue weighted by molar-refractivity contribution is 6.42. The van der Waals surface area contributed by atoms with E-state index in [0.717, 1.165) is 32.5 Å². The van der Waals surface area contributed by atoms with Crippen molar-refractivity contribution in [1.29, 1.82) is 0 Å². The summed E-state index contributed by atoms with van der Waals surface area (Å²) < 4.78 is 0. The van der Waals surface area contributed by atoms with Gasteiger partial charge in [0, 0.05) is 12.0 Å². The molecule has 0 spiro atoms. The van der Waals surface area contributed by atoms with Gasteiger partial charge >= 0.3 is 0 Å². The van der Waals surface area contributed by atoms with Gasteiger partial charge in [-0.3, -0.25) is 4.90 Å². The third-order valence-electron chi connectivity index (χ3n) is 5.04. The highest BCUT2D eigenvalue weighted by atomic mass is 35.5. The lowest BCUT2D eigenvalue weighted by molar-refractivity contribution is 0.190. The van der Waals surface area contributed by atoms with Crippen molar-refractivity contribution in [3.8, 4) is 0 Å². The van der Waals surface area contributed by atoms with Crippen LogP contribution in [0.5, 0.6) is 0 Å². The SMILES string of the molecule is Clc1ccc(C23CCN(CC2)Cc2c[c]ccc23)cc1Cl. The third kappa shape index (κ3) is 2.11. The summed E-state index contributed by atoms with van der Waals surface area (Å²) in [7, 11) is 0. The summed E-state index contributed by atoms with van der Waals surface area (Å²) in [6.45, 7) is 3.31. The first-order chi connectivity index (χ1) is 10.2. The predicted molar refractivity (Wildman–Crippen MR) is 87.0 cm³/mol. The van der Waals surface area contributed by atoms with Crippen molar-refractivity contribution in [2.75, 3.05) is 13.1 Å². The number of piperidine rings is 1. The van der Waals surface area contributed by atoms with Crippen LogP contribution in [0.4, 0.5) is 0 Å². The Morgan fingerprint density at radius 3 is 2.62 bits per heavy atom. The Labute approximate surface area is 135 Å². The van der Waals surface area contributed by atoms with Gasteiger partial charge in [-0.2, -0.15) is 0 Å². The van der Waals surface area contributed by atoms with E-state index in [9.17, 15) is 0 Å². The predicted octanol–water partition coefficient (Wildman–Crippen LogP) is 4.69. The molecule has 0 N–H and O–H groups in total. The van der Waals surface area contributed by atoms with E-state index in [1.165, 1.54) is 16.7 Å². The number of nitrogens with zero attached hydrogens (tertiary/aromatic N) is 1. The van der Waals surface area contributed by atoms with Gasteiger partial charge in [-0.05, 0) is 66.9 Å². The number of fused-ring (bicyclic) bond motifs is 2. The summed E-state index contributed by atoms with van der Waals surface area (Å²) >= 11 is 12.4. The van der Waals surface area contributed by atoms with E-state index >= 15 is 0 Å². The fraction of sp³-hybridized carbons (Fsp3) is 0.333. The normalized spacial score (nSPS) is 27.2. The Hall–Kier alpha value is -1.02. The zero-order valence-electron chi connectivity index (χ0n) is 11.7. The van der Waals surface area contributed by atoms with E-state index in [-0.39, 0.29) is 5.41 Å². The Bertz CT molecular complexity index is 687. The van der Waals surface area contributed by atoms with Crippen LogP contribution in [-0.2, 0) is 12.0 Å². The molecule has 1 nitrogen and oxygen atoms in total. The zero-order chi connectivity index (χ0) is 14.4. The molecule has 0 saturated carbocycles. The summed E-state index contributed by atoms with van der Waals surface area (Å²) in [4.78, 5) is 2.54. The Balaban J connectivity index is 1.94. The second-order valence-electron chi connectivity index (χ2n) is 6.07. The summed E-state index contributed by atoms with van der Waals surface area (Å²) in [5, 5.41) is 1.28. The summed E-state index contributed by atoms with van der Waals surface area (Å²) in [5.74, 6) is 0. The minimum Gasteiger partial charge on any atom is -0.299 e. The fourth-order valence-electron chi connectivity index (χ4n) is 3.90. The molecule has 2 aromatic rings. The van der Waals surface area contributed by atoms with Crippen LogP contribution in [0.25, 0.3) is 0 Å². The maximum Gasteiger partial charge on any atom is 0.0595 e. The molecule has 1 fully saturated rings. The summed E-state index contributed by atoms with van der Waals surface area (Å²) in [5.41, 5.74) is 4.22. The van der Waals surface area contributed by atoms with E-state index in [2.05, 4.69) is 35.2 Å². The van der Waals surface area contributed by atoms with Crippen LogP contribution < -0.4 is 0 Å². The van der Waals surface area contributed by atoms with Gasteiger partial charge in [-0.25, -0.2) is 0 Å². The van der Waals surface area contributed by atoms with Gasteiger partial charge in [0.2, 0.25) is 0 Å². The lowest BCUT2D eigenvalue weighted by Crippen LogP contribution is -2.39. The molecule has 0 atom stereocenters. The second-order valence-corrected chi connectivity index (χ2v) is 6.88. The largest absolute Gasteiger partial charge is 0.299 e. The molecular weight excluding hydrogens is 301 g/mol. The molecule has 107 valence electrons. The molecule has 2 bridgehead atoms. The standard InChI is InChI=1S/C18H16Cl2N/c19-16-6-5-14(11-17(16)20)18-7-9-21(10-8-18)12-13-3-1-2-4-15(13)18/h2-6,11H,7-10,12H2. The molecule has 5 rings (SSSR count). The molecule has 0 amide bonds. The zero-order valence-corrected chi connectivity index (χ0v) is 13.2. The maximum atomic E-state index is 6.28. The topological polar surface area (TPSA) is 3.24 Å². The van der Waals surface area contributed by atoms with Crippen molar-refractivity contribution in [1.82, 2.24) is 4.90 Å². The number of rotatable bonds is 1.